The Kier molecular flexibility index (Phi) is 2.64. The molecule has 78 valence electrons. The van der Waals surface area contributed by atoms with Gasteiger partial charge in [0.2, 0.25) is 0 Å². The Morgan fingerprint density at radius 1 is 1.47 bits per heavy atom. The summed E-state index contributed by atoms with van der Waals surface area (Å²) >= 11 is 5.89. The second-order valence-electron chi connectivity index (χ2n) is 3.50. The van der Waals surface area contributed by atoms with E-state index >= 15 is 0 Å². The summed E-state index contributed by atoms with van der Waals surface area (Å²) in [7, 11) is 0. The standard InChI is InChI=1S/C11H12ClN3/c1-8-11(13)7-15(14-8)6-9-3-2-4-10(12)5-9/h2-5,7H,6,13H2,1H3. The van der Waals surface area contributed by atoms with Crippen LogP contribution in [0.1, 0.15) is 11.3 Å². The number of nitrogens with zero attached hydrogens (tertiary/aromatic N) is 2. The van der Waals surface area contributed by atoms with E-state index in [1.54, 1.807) is 0 Å². The van der Waals surface area contributed by atoms with Crippen molar-refractivity contribution in [3.63, 3.8) is 0 Å². The van der Waals surface area contributed by atoms with E-state index in [0.717, 1.165) is 22.0 Å². The molecule has 0 aliphatic rings. The Balaban J connectivity index is 2.22. The van der Waals surface area contributed by atoms with Gasteiger partial charge in [-0.05, 0) is 24.6 Å². The first kappa shape index (κ1) is 10.1. The van der Waals surface area contributed by atoms with Crippen LogP contribution in [-0.4, -0.2) is 9.78 Å². The van der Waals surface area contributed by atoms with Crippen LogP contribution in [0.2, 0.25) is 5.02 Å². The quantitative estimate of drug-likeness (QED) is 0.847. The van der Waals surface area contributed by atoms with E-state index in [4.69, 9.17) is 17.3 Å². The number of rotatable bonds is 2. The van der Waals surface area contributed by atoms with Crippen molar-refractivity contribution >= 4 is 17.3 Å². The van der Waals surface area contributed by atoms with Gasteiger partial charge in [0, 0.05) is 11.2 Å². The van der Waals surface area contributed by atoms with Gasteiger partial charge >= 0.3 is 0 Å². The molecule has 3 nitrogen and oxygen atoms in total. The van der Waals surface area contributed by atoms with Gasteiger partial charge in [-0.3, -0.25) is 4.68 Å². The average Bonchev–Trinajstić information content (AvgIpc) is 2.45. The van der Waals surface area contributed by atoms with E-state index in [1.807, 2.05) is 42.1 Å². The molecule has 2 rings (SSSR count). The van der Waals surface area contributed by atoms with Crippen molar-refractivity contribution in [2.45, 2.75) is 13.5 Å². The van der Waals surface area contributed by atoms with Gasteiger partial charge in [0.1, 0.15) is 0 Å². The molecule has 0 aliphatic carbocycles. The first-order valence-electron chi connectivity index (χ1n) is 4.69. The van der Waals surface area contributed by atoms with Crippen molar-refractivity contribution in [2.24, 2.45) is 0 Å². The monoisotopic (exact) mass is 221 g/mol. The fraction of sp³-hybridized carbons (Fsp3) is 0.182. The number of hydrogen-bond acceptors (Lipinski definition) is 2. The minimum Gasteiger partial charge on any atom is -0.396 e. The van der Waals surface area contributed by atoms with E-state index in [9.17, 15) is 0 Å². The molecule has 0 aliphatic heterocycles. The number of nitrogen functional groups attached to an aromatic ring is 1. The van der Waals surface area contributed by atoms with Crippen LogP contribution in [0.4, 0.5) is 5.69 Å². The van der Waals surface area contributed by atoms with Crippen LogP contribution in [0, 0.1) is 6.92 Å². The zero-order valence-corrected chi connectivity index (χ0v) is 9.20. The van der Waals surface area contributed by atoms with Crippen molar-refractivity contribution in [2.75, 3.05) is 5.73 Å². The molecule has 15 heavy (non-hydrogen) atoms. The molecule has 0 spiro atoms. The average molecular weight is 222 g/mol. The highest BCUT2D eigenvalue weighted by atomic mass is 35.5. The molecule has 0 bridgehead atoms. The van der Waals surface area contributed by atoms with Gasteiger partial charge in [0.05, 0.1) is 17.9 Å². The summed E-state index contributed by atoms with van der Waals surface area (Å²) in [4.78, 5) is 0. The van der Waals surface area contributed by atoms with Gasteiger partial charge in [-0.2, -0.15) is 5.10 Å². The van der Waals surface area contributed by atoms with Gasteiger partial charge in [0.15, 0.2) is 0 Å². The summed E-state index contributed by atoms with van der Waals surface area (Å²) in [5.41, 5.74) is 8.41. The topological polar surface area (TPSA) is 43.8 Å². The summed E-state index contributed by atoms with van der Waals surface area (Å²) in [6, 6.07) is 7.72. The Labute approximate surface area is 93.5 Å². The summed E-state index contributed by atoms with van der Waals surface area (Å²) < 4.78 is 1.82. The maximum Gasteiger partial charge on any atom is 0.0823 e. The van der Waals surface area contributed by atoms with Crippen molar-refractivity contribution in [3.05, 3.63) is 46.7 Å². The zero-order chi connectivity index (χ0) is 10.8. The van der Waals surface area contributed by atoms with E-state index in [-0.39, 0.29) is 0 Å². The SMILES string of the molecule is Cc1nn(Cc2cccc(Cl)c2)cc1N. The molecule has 0 amide bonds. The highest BCUT2D eigenvalue weighted by Gasteiger charge is 2.01. The molecule has 0 atom stereocenters. The van der Waals surface area contributed by atoms with Crippen LogP contribution in [0.3, 0.4) is 0 Å². The highest BCUT2D eigenvalue weighted by molar-refractivity contribution is 6.30. The first-order valence-corrected chi connectivity index (χ1v) is 5.07. The predicted octanol–water partition coefficient (Wildman–Crippen LogP) is 2.48. The fourth-order valence-electron chi connectivity index (χ4n) is 1.44. The van der Waals surface area contributed by atoms with Crippen LogP contribution in [0.15, 0.2) is 30.5 Å². The molecule has 0 fully saturated rings. The lowest BCUT2D eigenvalue weighted by Gasteiger charge is -2.01. The van der Waals surface area contributed by atoms with Crippen LogP contribution >= 0.6 is 11.6 Å². The number of hydrogen-bond donors (Lipinski definition) is 1. The molecule has 0 radical (unpaired) electrons. The third-order valence-corrected chi connectivity index (χ3v) is 2.45. The lowest BCUT2D eigenvalue weighted by atomic mass is 10.2. The van der Waals surface area contributed by atoms with E-state index in [0.29, 0.717) is 6.54 Å². The molecule has 2 N–H and O–H groups in total. The lowest BCUT2D eigenvalue weighted by Crippen LogP contribution is -2.00. The van der Waals surface area contributed by atoms with Crippen molar-refractivity contribution < 1.29 is 0 Å². The number of anilines is 1. The number of benzene rings is 1. The number of nitrogens with two attached hydrogens (primary N) is 1. The largest absolute Gasteiger partial charge is 0.396 e. The Morgan fingerprint density at radius 2 is 2.27 bits per heavy atom. The van der Waals surface area contributed by atoms with Gasteiger partial charge < -0.3 is 5.73 Å². The van der Waals surface area contributed by atoms with E-state index in [1.165, 1.54) is 0 Å². The molecule has 1 aromatic carbocycles. The molecule has 0 saturated heterocycles. The molecule has 0 unspecified atom stereocenters. The molecule has 2 aromatic rings. The van der Waals surface area contributed by atoms with Gasteiger partial charge in [-0.15, -0.1) is 0 Å². The molecule has 4 heteroatoms. The first-order chi connectivity index (χ1) is 7.15. The normalized spacial score (nSPS) is 10.5. The van der Waals surface area contributed by atoms with Gasteiger partial charge in [-0.25, -0.2) is 0 Å². The summed E-state index contributed by atoms with van der Waals surface area (Å²) in [6.45, 7) is 2.59. The number of halogens is 1. The summed E-state index contributed by atoms with van der Waals surface area (Å²) in [5.74, 6) is 0. The third-order valence-electron chi connectivity index (χ3n) is 2.22. The van der Waals surface area contributed by atoms with Crippen LogP contribution in [0.5, 0.6) is 0 Å². The molecule has 1 aromatic heterocycles. The second kappa shape index (κ2) is 3.95. The maximum atomic E-state index is 5.89. The van der Waals surface area contributed by atoms with Crippen molar-refractivity contribution in [1.82, 2.24) is 9.78 Å². The van der Waals surface area contributed by atoms with Crippen LogP contribution < -0.4 is 5.73 Å². The second-order valence-corrected chi connectivity index (χ2v) is 3.93. The van der Waals surface area contributed by atoms with E-state index in [2.05, 4.69) is 5.10 Å². The van der Waals surface area contributed by atoms with Gasteiger partial charge in [-0.1, -0.05) is 23.7 Å². The summed E-state index contributed by atoms with van der Waals surface area (Å²) in [6.07, 6.45) is 1.83. The third kappa shape index (κ3) is 2.30. The molecular formula is C11H12ClN3. The maximum absolute atomic E-state index is 5.89. The molecule has 1 heterocycles. The lowest BCUT2D eigenvalue weighted by molar-refractivity contribution is 0.679. The zero-order valence-electron chi connectivity index (χ0n) is 8.44. The Hall–Kier alpha value is -1.48. The number of aryl methyl sites for hydroxylation is 1. The fourth-order valence-corrected chi connectivity index (χ4v) is 1.65. The minimum atomic E-state index is 0.693. The van der Waals surface area contributed by atoms with Crippen molar-refractivity contribution in [3.8, 4) is 0 Å². The molecular weight excluding hydrogens is 210 g/mol. The van der Waals surface area contributed by atoms with Crippen molar-refractivity contribution in [1.29, 1.82) is 0 Å². The number of aromatic nitrogens is 2. The smallest absolute Gasteiger partial charge is 0.0823 e. The van der Waals surface area contributed by atoms with Crippen LogP contribution in [-0.2, 0) is 6.54 Å². The Bertz CT molecular complexity index is 457. The predicted molar refractivity (Wildman–Crippen MR) is 61.9 cm³/mol. The van der Waals surface area contributed by atoms with E-state index < -0.39 is 0 Å². The highest BCUT2D eigenvalue weighted by Crippen LogP contribution is 2.13. The molecule has 0 saturated carbocycles. The van der Waals surface area contributed by atoms with Crippen LogP contribution in [0.25, 0.3) is 0 Å². The minimum absolute atomic E-state index is 0.693. The van der Waals surface area contributed by atoms with Gasteiger partial charge in [0.25, 0.3) is 0 Å². The summed E-state index contributed by atoms with van der Waals surface area (Å²) in [5, 5.41) is 5.02. The Morgan fingerprint density at radius 3 is 2.87 bits per heavy atom.